The minimum Gasteiger partial charge on any atom is -0.360 e. The van der Waals surface area contributed by atoms with Crippen LogP contribution < -0.4 is 5.32 Å². The van der Waals surface area contributed by atoms with Crippen molar-refractivity contribution in [2.45, 2.75) is 24.5 Å². The lowest BCUT2D eigenvalue weighted by Gasteiger charge is -2.22. The van der Waals surface area contributed by atoms with Gasteiger partial charge in [0.2, 0.25) is 0 Å². The van der Waals surface area contributed by atoms with E-state index >= 15 is 0 Å². The molecule has 0 aromatic carbocycles. The van der Waals surface area contributed by atoms with Gasteiger partial charge in [0.05, 0.1) is 0 Å². The van der Waals surface area contributed by atoms with Gasteiger partial charge in [-0.2, -0.15) is 17.0 Å². The lowest BCUT2D eigenvalue weighted by atomic mass is 10.1. The van der Waals surface area contributed by atoms with Crippen LogP contribution in [0, 0.1) is 11.3 Å². The highest BCUT2D eigenvalue weighted by Gasteiger charge is 2.29. The zero-order valence-corrected chi connectivity index (χ0v) is 11.3. The fourth-order valence-corrected chi connectivity index (χ4v) is 3.87. The Morgan fingerprint density at radius 1 is 1.69 bits per heavy atom. The van der Waals surface area contributed by atoms with Crippen LogP contribution in [-0.2, 0) is 0 Å². The maximum absolute atomic E-state index is 8.77. The zero-order chi connectivity index (χ0) is 11.6. The van der Waals surface area contributed by atoms with Gasteiger partial charge in [-0.1, -0.05) is 22.9 Å². The molecule has 6 heteroatoms. The molecule has 0 aliphatic carbocycles. The smallest absolute Gasteiger partial charge is 0.185 e. The van der Waals surface area contributed by atoms with E-state index in [4.69, 9.17) is 16.9 Å². The first-order valence-electron chi connectivity index (χ1n) is 5.07. The lowest BCUT2D eigenvalue weighted by molar-refractivity contribution is 0.634. The van der Waals surface area contributed by atoms with Crippen molar-refractivity contribution < 1.29 is 0 Å². The largest absolute Gasteiger partial charge is 0.360 e. The van der Waals surface area contributed by atoms with Crippen molar-refractivity contribution in [2.24, 2.45) is 0 Å². The topological polar surface area (TPSA) is 48.7 Å². The summed E-state index contributed by atoms with van der Waals surface area (Å²) in [7, 11) is 0. The Morgan fingerprint density at radius 2 is 2.50 bits per heavy atom. The number of halogens is 1. The van der Waals surface area contributed by atoms with E-state index in [1.807, 2.05) is 17.8 Å². The van der Waals surface area contributed by atoms with Crippen molar-refractivity contribution in [1.29, 1.82) is 5.26 Å². The molecule has 0 bridgehead atoms. The van der Waals surface area contributed by atoms with E-state index in [0.717, 1.165) is 11.7 Å². The molecular weight excluding hydrogens is 262 g/mol. The van der Waals surface area contributed by atoms with Gasteiger partial charge in [-0.15, -0.1) is 0 Å². The maximum Gasteiger partial charge on any atom is 0.185 e. The van der Waals surface area contributed by atoms with Gasteiger partial charge in [-0.25, -0.2) is 4.98 Å². The van der Waals surface area contributed by atoms with Crippen LogP contribution in [0.1, 0.15) is 24.6 Å². The number of rotatable bonds is 3. The second-order valence-corrected chi connectivity index (χ2v) is 7.05. The molecule has 0 radical (unpaired) electrons. The molecule has 1 aliphatic heterocycles. The fraction of sp³-hybridized carbons (Fsp3) is 0.600. The maximum atomic E-state index is 8.77. The van der Waals surface area contributed by atoms with Gasteiger partial charge in [-0.05, 0) is 25.5 Å². The molecule has 16 heavy (non-hydrogen) atoms. The third kappa shape index (κ3) is 2.62. The van der Waals surface area contributed by atoms with Crippen LogP contribution in [0.5, 0.6) is 0 Å². The van der Waals surface area contributed by atoms with Crippen LogP contribution in [-0.4, -0.2) is 22.0 Å². The van der Waals surface area contributed by atoms with E-state index in [0.29, 0.717) is 14.8 Å². The van der Waals surface area contributed by atoms with E-state index < -0.39 is 0 Å². The van der Waals surface area contributed by atoms with E-state index in [9.17, 15) is 0 Å². The Kier molecular flexibility index (Phi) is 3.63. The summed E-state index contributed by atoms with van der Waals surface area (Å²) in [5.74, 6) is 1.24. The Balaban J connectivity index is 1.97. The zero-order valence-electron chi connectivity index (χ0n) is 8.92. The summed E-state index contributed by atoms with van der Waals surface area (Å²) < 4.78 is 0.297. The molecule has 2 rings (SSSR count). The van der Waals surface area contributed by atoms with Crippen molar-refractivity contribution in [2.75, 3.05) is 17.6 Å². The van der Waals surface area contributed by atoms with Crippen LogP contribution in [0.15, 0.2) is 0 Å². The van der Waals surface area contributed by atoms with Crippen molar-refractivity contribution in [3.8, 4) is 6.07 Å². The van der Waals surface area contributed by atoms with Crippen LogP contribution in [0.25, 0.3) is 0 Å². The highest BCUT2D eigenvalue weighted by molar-refractivity contribution is 8.00. The summed E-state index contributed by atoms with van der Waals surface area (Å²) in [4.78, 5) is 4.59. The molecule has 0 spiro atoms. The molecule has 1 fully saturated rings. The summed E-state index contributed by atoms with van der Waals surface area (Å²) in [5, 5.41) is 13.1. The molecule has 1 unspecified atom stereocenters. The number of hydrogen-bond donors (Lipinski definition) is 1. The predicted octanol–water partition coefficient (Wildman–Crippen LogP) is 3.37. The number of aromatic nitrogens is 1. The molecule has 2 heterocycles. The van der Waals surface area contributed by atoms with Gasteiger partial charge >= 0.3 is 0 Å². The van der Waals surface area contributed by atoms with Crippen molar-refractivity contribution in [3.63, 3.8) is 0 Å². The number of hydrogen-bond acceptors (Lipinski definition) is 5. The minimum absolute atomic E-state index is 0.297. The molecule has 1 atom stereocenters. The number of thioether (sulfide) groups is 1. The van der Waals surface area contributed by atoms with E-state index in [1.54, 1.807) is 0 Å². The first-order chi connectivity index (χ1) is 7.63. The molecule has 3 nitrogen and oxygen atoms in total. The molecule has 1 aromatic rings. The normalized spacial score (nSPS) is 24.3. The monoisotopic (exact) mass is 273 g/mol. The molecular formula is C10H12ClN3S2. The SMILES string of the molecule is CC1(CNc2nc(Cl)c(C#N)s2)CCCS1. The van der Waals surface area contributed by atoms with E-state index in [-0.39, 0.29) is 0 Å². The lowest BCUT2D eigenvalue weighted by Crippen LogP contribution is -2.26. The van der Waals surface area contributed by atoms with Crippen LogP contribution in [0.4, 0.5) is 5.13 Å². The van der Waals surface area contributed by atoms with Gasteiger partial charge in [0, 0.05) is 11.3 Å². The Bertz CT molecular complexity index is 418. The van der Waals surface area contributed by atoms with Gasteiger partial charge in [-0.3, -0.25) is 0 Å². The van der Waals surface area contributed by atoms with Gasteiger partial charge in [0.15, 0.2) is 10.3 Å². The second kappa shape index (κ2) is 4.82. The van der Waals surface area contributed by atoms with Crippen molar-refractivity contribution in [1.82, 2.24) is 4.98 Å². The number of thiazole rings is 1. The van der Waals surface area contributed by atoms with Crippen molar-refractivity contribution in [3.05, 3.63) is 10.0 Å². The highest BCUT2D eigenvalue weighted by atomic mass is 35.5. The van der Waals surface area contributed by atoms with Gasteiger partial charge in [0.1, 0.15) is 10.9 Å². The van der Waals surface area contributed by atoms with Gasteiger partial charge < -0.3 is 5.32 Å². The molecule has 1 N–H and O–H groups in total. The van der Waals surface area contributed by atoms with E-state index in [1.165, 1.54) is 29.9 Å². The molecule has 0 saturated carbocycles. The Morgan fingerprint density at radius 3 is 3.06 bits per heavy atom. The number of anilines is 1. The average Bonchev–Trinajstić information content (AvgIpc) is 2.83. The van der Waals surface area contributed by atoms with Crippen LogP contribution in [0.3, 0.4) is 0 Å². The summed E-state index contributed by atoms with van der Waals surface area (Å²) >= 11 is 9.12. The van der Waals surface area contributed by atoms with Crippen LogP contribution >= 0.6 is 34.7 Å². The molecule has 86 valence electrons. The second-order valence-electron chi connectivity index (χ2n) is 4.01. The van der Waals surface area contributed by atoms with Gasteiger partial charge in [0.25, 0.3) is 0 Å². The third-order valence-corrected chi connectivity index (χ3v) is 5.44. The average molecular weight is 274 g/mol. The first kappa shape index (κ1) is 12.0. The number of nitrogens with one attached hydrogen (secondary N) is 1. The van der Waals surface area contributed by atoms with Crippen LogP contribution in [0.2, 0.25) is 5.15 Å². The fourth-order valence-electron chi connectivity index (χ4n) is 1.68. The summed E-state index contributed by atoms with van der Waals surface area (Å²) in [5.41, 5.74) is 0. The Hall–Kier alpha value is -0.440. The Labute approximate surface area is 108 Å². The molecule has 1 aliphatic rings. The molecule has 1 saturated heterocycles. The third-order valence-electron chi connectivity index (χ3n) is 2.60. The molecule has 1 aromatic heterocycles. The predicted molar refractivity (Wildman–Crippen MR) is 70.4 cm³/mol. The summed E-state index contributed by atoms with van der Waals surface area (Å²) in [6, 6.07) is 2.03. The van der Waals surface area contributed by atoms with E-state index in [2.05, 4.69) is 17.2 Å². The summed E-state index contributed by atoms with van der Waals surface area (Å²) in [6.07, 6.45) is 2.51. The standard InChI is InChI=1S/C10H12ClN3S2/c1-10(3-2-4-15-10)6-13-9-14-8(11)7(5-12)16-9/h2-4,6H2,1H3,(H,13,14). The minimum atomic E-state index is 0.297. The quantitative estimate of drug-likeness (QED) is 0.917. The highest BCUT2D eigenvalue weighted by Crippen LogP contribution is 2.38. The first-order valence-corrected chi connectivity index (χ1v) is 7.25. The number of nitriles is 1. The van der Waals surface area contributed by atoms with Crippen molar-refractivity contribution >= 4 is 39.8 Å². The molecule has 0 amide bonds. The number of nitrogens with zero attached hydrogens (tertiary/aromatic N) is 2. The summed E-state index contributed by atoms with van der Waals surface area (Å²) in [6.45, 7) is 3.14.